The Morgan fingerprint density at radius 1 is 0.467 bits per heavy atom. The van der Waals surface area contributed by atoms with Crippen molar-refractivity contribution in [2.24, 2.45) is 0 Å². The third-order valence-electron chi connectivity index (χ3n) is 4.66. The topological polar surface area (TPSA) is 3.24 Å². The van der Waals surface area contributed by atoms with Gasteiger partial charge in [-0.25, -0.2) is 35.1 Å². The molecule has 0 aliphatic rings. The minimum absolute atomic E-state index is 0.0615. The number of nitrogens with zero attached hydrogens (tertiary/aromatic N) is 1. The Bertz CT molecular complexity index is 1030. The zero-order valence-electron chi connectivity index (χ0n) is 15.8. The first-order chi connectivity index (χ1) is 14.0. The monoisotopic (exact) mass is 431 g/mol. The summed E-state index contributed by atoms with van der Waals surface area (Å²) in [7, 11) is 0. The van der Waals surface area contributed by atoms with Gasteiger partial charge >= 0.3 is 0 Å². The molecule has 0 atom stereocenters. The van der Waals surface area contributed by atoms with Crippen LogP contribution in [0.5, 0.6) is 0 Å². The molecule has 3 rings (SSSR count). The Labute approximate surface area is 166 Å². The standard InChI is InChI=1S/C21H13F8N/c1-8-4-6-11(7-5-8)30(20-16(26)12(22)9(2)13(23)17(20)27)21-18(28)14(24)10(3)15(25)19(21)29/h4-7H,1-3H3. The molecule has 0 aliphatic carbocycles. The molecule has 0 bridgehead atoms. The molecule has 3 aromatic rings. The van der Waals surface area contributed by atoms with Crippen LogP contribution in [0, 0.1) is 67.3 Å². The van der Waals surface area contributed by atoms with Gasteiger partial charge in [0.25, 0.3) is 0 Å². The number of halogens is 8. The third kappa shape index (κ3) is 3.18. The van der Waals surface area contributed by atoms with E-state index in [1.54, 1.807) is 6.92 Å². The molecule has 0 amide bonds. The second-order valence-electron chi connectivity index (χ2n) is 6.63. The van der Waals surface area contributed by atoms with Gasteiger partial charge in [-0.3, -0.25) is 4.90 Å². The Kier molecular flexibility index (Phi) is 5.49. The molecule has 0 saturated carbocycles. The van der Waals surface area contributed by atoms with Crippen LogP contribution >= 0.6 is 0 Å². The lowest BCUT2D eigenvalue weighted by Gasteiger charge is -2.28. The van der Waals surface area contributed by atoms with Gasteiger partial charge in [-0.2, -0.15) is 0 Å². The number of rotatable bonds is 3. The van der Waals surface area contributed by atoms with Crippen molar-refractivity contribution >= 4 is 17.1 Å². The van der Waals surface area contributed by atoms with Crippen molar-refractivity contribution in [3.8, 4) is 0 Å². The molecule has 0 aromatic heterocycles. The van der Waals surface area contributed by atoms with Gasteiger partial charge in [-0.15, -0.1) is 0 Å². The molecule has 1 nitrogen and oxygen atoms in total. The predicted molar refractivity (Wildman–Crippen MR) is 95.0 cm³/mol. The Balaban J connectivity index is 2.50. The third-order valence-corrected chi connectivity index (χ3v) is 4.66. The molecule has 0 saturated heterocycles. The van der Waals surface area contributed by atoms with E-state index in [0.29, 0.717) is 5.56 Å². The van der Waals surface area contributed by atoms with Crippen molar-refractivity contribution in [1.29, 1.82) is 0 Å². The summed E-state index contributed by atoms with van der Waals surface area (Å²) in [5.41, 5.74) is -4.95. The van der Waals surface area contributed by atoms with Crippen LogP contribution in [0.2, 0.25) is 0 Å². The van der Waals surface area contributed by atoms with Gasteiger partial charge in [0.05, 0.1) is 0 Å². The summed E-state index contributed by atoms with van der Waals surface area (Å²) < 4.78 is 115. The van der Waals surface area contributed by atoms with E-state index in [4.69, 9.17) is 0 Å². The molecule has 0 aliphatic heterocycles. The summed E-state index contributed by atoms with van der Waals surface area (Å²) in [6.07, 6.45) is 0. The van der Waals surface area contributed by atoms with E-state index in [9.17, 15) is 35.1 Å². The maximum absolute atomic E-state index is 14.7. The average Bonchev–Trinajstić information content (AvgIpc) is 2.73. The first-order valence-corrected chi connectivity index (χ1v) is 8.50. The van der Waals surface area contributed by atoms with E-state index in [1.165, 1.54) is 12.1 Å². The van der Waals surface area contributed by atoms with Crippen molar-refractivity contribution in [2.75, 3.05) is 4.90 Å². The summed E-state index contributed by atoms with van der Waals surface area (Å²) in [6.45, 7) is 3.12. The second kappa shape index (κ2) is 7.62. The first kappa shape index (κ1) is 21.6. The fourth-order valence-electron chi connectivity index (χ4n) is 2.92. The summed E-state index contributed by atoms with van der Waals surface area (Å²) in [5.74, 6) is -15.3. The maximum atomic E-state index is 14.7. The SMILES string of the molecule is Cc1ccc(N(c2c(F)c(F)c(C)c(F)c2F)c2c(F)c(F)c(C)c(F)c2F)cc1. The smallest absolute Gasteiger partial charge is 0.186 e. The van der Waals surface area contributed by atoms with Crippen LogP contribution < -0.4 is 4.90 Å². The summed E-state index contributed by atoms with van der Waals surface area (Å²) >= 11 is 0. The van der Waals surface area contributed by atoms with Gasteiger partial charge in [0.2, 0.25) is 0 Å². The van der Waals surface area contributed by atoms with E-state index >= 15 is 0 Å². The molecule has 0 heterocycles. The molecule has 3 aromatic carbocycles. The lowest BCUT2D eigenvalue weighted by Crippen LogP contribution is -2.21. The highest BCUT2D eigenvalue weighted by Gasteiger charge is 2.34. The van der Waals surface area contributed by atoms with Gasteiger partial charge in [0, 0.05) is 16.8 Å². The van der Waals surface area contributed by atoms with Crippen LogP contribution in [0.3, 0.4) is 0 Å². The molecular formula is C21H13F8N. The molecule has 30 heavy (non-hydrogen) atoms. The molecule has 158 valence electrons. The van der Waals surface area contributed by atoms with Gasteiger partial charge in [-0.1, -0.05) is 17.7 Å². The van der Waals surface area contributed by atoms with Gasteiger partial charge in [0.15, 0.2) is 46.5 Å². The van der Waals surface area contributed by atoms with Crippen LogP contribution in [0.25, 0.3) is 0 Å². The van der Waals surface area contributed by atoms with E-state index in [0.717, 1.165) is 26.0 Å². The first-order valence-electron chi connectivity index (χ1n) is 8.50. The van der Waals surface area contributed by atoms with Crippen molar-refractivity contribution in [3.63, 3.8) is 0 Å². The molecule has 0 radical (unpaired) electrons. The van der Waals surface area contributed by atoms with E-state index in [1.807, 2.05) is 0 Å². The minimum Gasteiger partial charge on any atom is -0.300 e. The van der Waals surface area contributed by atoms with Gasteiger partial charge < -0.3 is 0 Å². The van der Waals surface area contributed by atoms with Crippen LogP contribution in [-0.2, 0) is 0 Å². The highest BCUT2D eigenvalue weighted by molar-refractivity contribution is 5.78. The fourth-order valence-corrected chi connectivity index (χ4v) is 2.92. The lowest BCUT2D eigenvalue weighted by atomic mass is 10.1. The Morgan fingerprint density at radius 3 is 1.07 bits per heavy atom. The maximum Gasteiger partial charge on any atom is 0.186 e. The van der Waals surface area contributed by atoms with E-state index < -0.39 is 74.7 Å². The van der Waals surface area contributed by atoms with Crippen LogP contribution in [-0.4, -0.2) is 0 Å². The predicted octanol–water partition coefficient (Wildman–Crippen LogP) is 7.19. The second-order valence-corrected chi connectivity index (χ2v) is 6.63. The normalized spacial score (nSPS) is 11.2. The largest absolute Gasteiger partial charge is 0.300 e. The average molecular weight is 431 g/mol. The Morgan fingerprint density at radius 2 is 0.767 bits per heavy atom. The molecule has 9 heteroatoms. The van der Waals surface area contributed by atoms with E-state index in [2.05, 4.69) is 0 Å². The lowest BCUT2D eigenvalue weighted by molar-refractivity contribution is 0.439. The van der Waals surface area contributed by atoms with Gasteiger partial charge in [0.1, 0.15) is 11.4 Å². The summed E-state index contributed by atoms with van der Waals surface area (Å²) in [4.78, 5) is 0.0615. The fraction of sp³-hybridized carbons (Fsp3) is 0.143. The minimum atomic E-state index is -1.99. The quantitative estimate of drug-likeness (QED) is 0.313. The van der Waals surface area contributed by atoms with Crippen LogP contribution in [0.15, 0.2) is 24.3 Å². The summed E-state index contributed by atoms with van der Waals surface area (Å²) in [5, 5.41) is 0. The van der Waals surface area contributed by atoms with Crippen molar-refractivity contribution in [1.82, 2.24) is 0 Å². The number of benzene rings is 3. The van der Waals surface area contributed by atoms with E-state index in [-0.39, 0.29) is 4.90 Å². The molecule has 0 fully saturated rings. The number of hydrogen-bond acceptors (Lipinski definition) is 1. The zero-order chi connectivity index (χ0) is 22.5. The molecule has 0 N–H and O–H groups in total. The van der Waals surface area contributed by atoms with Gasteiger partial charge in [-0.05, 0) is 32.9 Å². The number of aryl methyl sites for hydroxylation is 1. The molecule has 0 unspecified atom stereocenters. The summed E-state index contributed by atoms with van der Waals surface area (Å²) in [6, 6.07) is 4.93. The van der Waals surface area contributed by atoms with Crippen LogP contribution in [0.1, 0.15) is 16.7 Å². The highest BCUT2D eigenvalue weighted by atomic mass is 19.2. The highest BCUT2D eigenvalue weighted by Crippen LogP contribution is 2.44. The number of anilines is 3. The van der Waals surface area contributed by atoms with Crippen molar-refractivity contribution in [3.05, 3.63) is 87.5 Å². The van der Waals surface area contributed by atoms with Crippen molar-refractivity contribution < 1.29 is 35.1 Å². The molecule has 0 spiro atoms. The Hall–Kier alpha value is -3.10. The van der Waals surface area contributed by atoms with Crippen LogP contribution in [0.4, 0.5) is 52.2 Å². The zero-order valence-corrected chi connectivity index (χ0v) is 15.8. The van der Waals surface area contributed by atoms with Crippen molar-refractivity contribution in [2.45, 2.75) is 20.8 Å². The number of hydrogen-bond donors (Lipinski definition) is 0. The molecular weight excluding hydrogens is 418 g/mol.